The average molecular weight is 344 g/mol. The molecule has 0 spiro atoms. The molecule has 10 nitrogen and oxygen atoms in total. The molecule has 0 aromatic heterocycles. The first-order valence-corrected chi connectivity index (χ1v) is 6.87. The number of carboxylic acid groups (broad SMARTS) is 1. The van der Waals surface area contributed by atoms with Crippen LogP contribution >= 0.6 is 0 Å². The van der Waals surface area contributed by atoms with Gasteiger partial charge in [-0.3, -0.25) is 25.7 Å². The van der Waals surface area contributed by atoms with Crippen molar-refractivity contribution in [3.63, 3.8) is 0 Å². The lowest BCUT2D eigenvalue weighted by Gasteiger charge is -2.07. The van der Waals surface area contributed by atoms with Gasteiger partial charge in [-0.1, -0.05) is 18.2 Å². The van der Waals surface area contributed by atoms with Crippen LogP contribution in [0.25, 0.3) is 0 Å². The molecule has 0 fully saturated rings. The Morgan fingerprint density at radius 3 is 2.28 bits per heavy atom. The lowest BCUT2D eigenvalue weighted by atomic mass is 10.0. The molecule has 128 valence electrons. The second-order valence-corrected chi connectivity index (χ2v) is 4.88. The molecule has 0 atom stereocenters. The molecule has 2 aromatic rings. The number of hydrogen-bond donors (Lipinski definition) is 2. The molecule has 2 rings (SSSR count). The van der Waals surface area contributed by atoms with E-state index in [2.05, 4.69) is 10.5 Å². The minimum absolute atomic E-state index is 0.0312. The number of carbonyl (C=O) groups is 1. The van der Waals surface area contributed by atoms with Crippen LogP contribution in [-0.4, -0.2) is 26.6 Å². The number of rotatable bonds is 6. The molecular formula is C15H12N4O6. The van der Waals surface area contributed by atoms with Gasteiger partial charge in [-0.2, -0.15) is 5.10 Å². The van der Waals surface area contributed by atoms with Crippen molar-refractivity contribution in [2.45, 2.75) is 6.92 Å². The van der Waals surface area contributed by atoms with Crippen LogP contribution in [0.4, 0.5) is 17.1 Å². The molecule has 0 heterocycles. The highest BCUT2D eigenvalue weighted by Crippen LogP contribution is 2.29. The van der Waals surface area contributed by atoms with E-state index < -0.39 is 27.2 Å². The van der Waals surface area contributed by atoms with Gasteiger partial charge in [-0.15, -0.1) is 0 Å². The Kier molecular flexibility index (Phi) is 5.03. The summed E-state index contributed by atoms with van der Waals surface area (Å²) in [6, 6.07) is 9.24. The second kappa shape index (κ2) is 7.17. The summed E-state index contributed by atoms with van der Waals surface area (Å²) in [6.07, 6.45) is 0. The van der Waals surface area contributed by atoms with Crippen LogP contribution in [0.3, 0.4) is 0 Å². The molecule has 10 heteroatoms. The van der Waals surface area contributed by atoms with E-state index in [4.69, 9.17) is 0 Å². The number of non-ortho nitro benzene ring substituents is 1. The van der Waals surface area contributed by atoms with Gasteiger partial charge in [0.15, 0.2) is 0 Å². The minimum Gasteiger partial charge on any atom is -0.478 e. The van der Waals surface area contributed by atoms with E-state index in [-0.39, 0.29) is 17.0 Å². The highest BCUT2D eigenvalue weighted by atomic mass is 16.6. The third-order valence-corrected chi connectivity index (χ3v) is 3.28. The number of hydrogen-bond acceptors (Lipinski definition) is 7. The highest BCUT2D eigenvalue weighted by molar-refractivity contribution is 6.07. The van der Waals surface area contributed by atoms with Crippen molar-refractivity contribution in [1.82, 2.24) is 0 Å². The molecule has 0 amide bonds. The molecule has 0 aliphatic heterocycles. The monoisotopic (exact) mass is 344 g/mol. The summed E-state index contributed by atoms with van der Waals surface area (Å²) < 4.78 is 0. The normalized spacial score (nSPS) is 11.0. The van der Waals surface area contributed by atoms with E-state index >= 15 is 0 Å². The van der Waals surface area contributed by atoms with Crippen LogP contribution in [0, 0.1) is 20.2 Å². The number of nitrogens with zero attached hydrogens (tertiary/aromatic N) is 3. The summed E-state index contributed by atoms with van der Waals surface area (Å²) in [4.78, 5) is 31.5. The Bertz CT molecular complexity index is 893. The Balaban J connectivity index is 2.37. The number of nitro groups is 2. The quantitative estimate of drug-likeness (QED) is 0.464. The summed E-state index contributed by atoms with van der Waals surface area (Å²) in [5.41, 5.74) is 2.12. The van der Waals surface area contributed by atoms with Crippen LogP contribution in [0.15, 0.2) is 47.6 Å². The fourth-order valence-corrected chi connectivity index (χ4v) is 2.07. The molecule has 0 aliphatic carbocycles. The molecular weight excluding hydrogens is 332 g/mol. The third-order valence-electron chi connectivity index (χ3n) is 3.28. The van der Waals surface area contributed by atoms with E-state index in [1.54, 1.807) is 18.2 Å². The summed E-state index contributed by atoms with van der Waals surface area (Å²) >= 11 is 0. The van der Waals surface area contributed by atoms with Crippen molar-refractivity contribution in [2.24, 2.45) is 5.10 Å². The van der Waals surface area contributed by atoms with Crippen molar-refractivity contribution >= 4 is 28.7 Å². The van der Waals surface area contributed by atoms with Crippen LogP contribution in [-0.2, 0) is 0 Å². The van der Waals surface area contributed by atoms with E-state index in [9.17, 15) is 30.1 Å². The summed E-state index contributed by atoms with van der Waals surface area (Å²) in [5.74, 6) is -1.13. The molecule has 0 saturated heterocycles. The summed E-state index contributed by atoms with van der Waals surface area (Å²) in [6.45, 7) is 1.53. The van der Waals surface area contributed by atoms with E-state index in [1.165, 1.54) is 13.0 Å². The topological polar surface area (TPSA) is 148 Å². The zero-order valence-electron chi connectivity index (χ0n) is 12.9. The number of aromatic carboxylic acids is 1. The second-order valence-electron chi connectivity index (χ2n) is 4.88. The van der Waals surface area contributed by atoms with Gasteiger partial charge >= 0.3 is 11.7 Å². The lowest BCUT2D eigenvalue weighted by Crippen LogP contribution is -2.08. The maximum Gasteiger partial charge on any atom is 0.336 e. The Labute approximate surface area is 140 Å². The first-order valence-electron chi connectivity index (χ1n) is 6.87. The molecule has 2 N–H and O–H groups in total. The van der Waals surface area contributed by atoms with E-state index in [1.807, 2.05) is 0 Å². The number of nitro benzene ring substituents is 2. The SMILES string of the molecule is CC(=NNc1ccc([N+](=O)[O-])cc1[N+](=O)[O-])c1ccccc1C(=O)O. The van der Waals surface area contributed by atoms with Gasteiger partial charge in [0.05, 0.1) is 27.2 Å². The van der Waals surface area contributed by atoms with Crippen LogP contribution < -0.4 is 5.43 Å². The van der Waals surface area contributed by atoms with Gasteiger partial charge in [0.1, 0.15) is 5.69 Å². The van der Waals surface area contributed by atoms with E-state index in [0.29, 0.717) is 5.56 Å². The Hall–Kier alpha value is -3.82. The zero-order valence-corrected chi connectivity index (χ0v) is 12.9. The fourth-order valence-electron chi connectivity index (χ4n) is 2.07. The van der Waals surface area contributed by atoms with Crippen LogP contribution in [0.5, 0.6) is 0 Å². The Morgan fingerprint density at radius 2 is 1.72 bits per heavy atom. The van der Waals surface area contributed by atoms with Gasteiger partial charge in [0, 0.05) is 11.6 Å². The largest absolute Gasteiger partial charge is 0.478 e. The summed E-state index contributed by atoms with van der Waals surface area (Å²) in [5, 5.41) is 34.9. The van der Waals surface area contributed by atoms with Crippen molar-refractivity contribution in [3.05, 3.63) is 73.8 Å². The van der Waals surface area contributed by atoms with Gasteiger partial charge in [0.25, 0.3) is 5.69 Å². The number of anilines is 1. The maximum atomic E-state index is 11.2. The standard InChI is InChI=1S/C15H12N4O6/c1-9(11-4-2-3-5-12(11)15(20)21)16-17-13-7-6-10(18(22)23)8-14(13)19(24)25/h2-8,17H,1H3,(H,20,21). The summed E-state index contributed by atoms with van der Waals surface area (Å²) in [7, 11) is 0. The molecule has 0 radical (unpaired) electrons. The van der Waals surface area contributed by atoms with Gasteiger partial charge in [-0.25, -0.2) is 4.79 Å². The number of benzene rings is 2. The fraction of sp³-hybridized carbons (Fsp3) is 0.0667. The predicted octanol–water partition coefficient (Wildman–Crippen LogP) is 3.04. The molecule has 25 heavy (non-hydrogen) atoms. The van der Waals surface area contributed by atoms with Crippen molar-refractivity contribution in [2.75, 3.05) is 5.43 Å². The molecule has 2 aromatic carbocycles. The number of hydrazone groups is 1. The molecule has 0 saturated carbocycles. The van der Waals surface area contributed by atoms with Crippen molar-refractivity contribution < 1.29 is 19.7 Å². The van der Waals surface area contributed by atoms with Crippen molar-refractivity contribution in [1.29, 1.82) is 0 Å². The first kappa shape index (κ1) is 17.5. The molecule has 0 unspecified atom stereocenters. The van der Waals surface area contributed by atoms with Gasteiger partial charge < -0.3 is 5.11 Å². The smallest absolute Gasteiger partial charge is 0.336 e. The van der Waals surface area contributed by atoms with Gasteiger partial charge in [0.2, 0.25) is 0 Å². The van der Waals surface area contributed by atoms with Crippen molar-refractivity contribution in [3.8, 4) is 0 Å². The number of carboxylic acids is 1. The number of nitrogens with one attached hydrogen (secondary N) is 1. The third kappa shape index (κ3) is 3.93. The maximum absolute atomic E-state index is 11.2. The molecule has 0 bridgehead atoms. The highest BCUT2D eigenvalue weighted by Gasteiger charge is 2.19. The minimum atomic E-state index is -1.13. The predicted molar refractivity (Wildman–Crippen MR) is 89.0 cm³/mol. The lowest BCUT2D eigenvalue weighted by molar-refractivity contribution is -0.393. The first-order chi connectivity index (χ1) is 11.8. The molecule has 0 aliphatic rings. The van der Waals surface area contributed by atoms with Crippen LogP contribution in [0.1, 0.15) is 22.8 Å². The zero-order chi connectivity index (χ0) is 18.6. The van der Waals surface area contributed by atoms with Gasteiger partial charge in [-0.05, 0) is 19.1 Å². The average Bonchev–Trinajstić information content (AvgIpc) is 2.59. The van der Waals surface area contributed by atoms with Crippen LogP contribution in [0.2, 0.25) is 0 Å². The van der Waals surface area contributed by atoms with E-state index in [0.717, 1.165) is 18.2 Å². The Morgan fingerprint density at radius 1 is 1.08 bits per heavy atom.